The van der Waals surface area contributed by atoms with Gasteiger partial charge in [-0.15, -0.1) is 0 Å². The molecule has 0 aromatic carbocycles. The number of nitrogen functional groups attached to an aromatic ring is 1. The molecule has 0 bridgehead atoms. The molecule has 8 heteroatoms. The third kappa shape index (κ3) is 1.98. The number of hydrogen-bond donors (Lipinski definition) is 2. The first-order chi connectivity index (χ1) is 8.86. The summed E-state index contributed by atoms with van der Waals surface area (Å²) in [7, 11) is 0. The van der Waals surface area contributed by atoms with Gasteiger partial charge in [-0.3, -0.25) is 0 Å². The monoisotopic (exact) mass is 259 g/mol. The lowest BCUT2D eigenvalue weighted by Gasteiger charge is -2.05. The van der Waals surface area contributed by atoms with Gasteiger partial charge in [-0.05, 0) is 17.8 Å². The third-order valence-corrected chi connectivity index (χ3v) is 3.08. The summed E-state index contributed by atoms with van der Waals surface area (Å²) in [5.41, 5.74) is 3.26. The minimum atomic E-state index is 0.555. The van der Waals surface area contributed by atoms with Gasteiger partial charge in [0.2, 0.25) is 0 Å². The van der Waals surface area contributed by atoms with E-state index in [9.17, 15) is 0 Å². The van der Waals surface area contributed by atoms with E-state index in [0.717, 1.165) is 5.65 Å². The Morgan fingerprint density at radius 2 is 2.00 bits per heavy atom. The standard InChI is InChI=1S/C10H9N7S/c11-16-7-6-17-5-4-12-8(17)9(15-7)18-10-13-2-1-3-14-10/h1-6,16H,11H2. The molecule has 0 radical (unpaired) electrons. The molecule has 0 unspecified atom stereocenters. The summed E-state index contributed by atoms with van der Waals surface area (Å²) in [4.78, 5) is 16.9. The molecule has 3 aromatic rings. The maximum absolute atomic E-state index is 5.39. The van der Waals surface area contributed by atoms with Crippen LogP contribution in [0.1, 0.15) is 0 Å². The predicted octanol–water partition coefficient (Wildman–Crippen LogP) is 0.956. The van der Waals surface area contributed by atoms with Gasteiger partial charge in [-0.2, -0.15) is 0 Å². The van der Waals surface area contributed by atoms with Crippen LogP contribution in [0, 0.1) is 0 Å². The first-order valence-electron chi connectivity index (χ1n) is 5.12. The van der Waals surface area contributed by atoms with E-state index in [1.54, 1.807) is 30.9 Å². The lowest BCUT2D eigenvalue weighted by Crippen LogP contribution is -2.10. The van der Waals surface area contributed by atoms with Gasteiger partial charge in [0.05, 0.1) is 6.20 Å². The average molecular weight is 259 g/mol. The summed E-state index contributed by atoms with van der Waals surface area (Å²) in [6.45, 7) is 0. The van der Waals surface area contributed by atoms with Crippen molar-refractivity contribution in [1.29, 1.82) is 0 Å². The highest BCUT2D eigenvalue weighted by atomic mass is 32.2. The molecular weight excluding hydrogens is 250 g/mol. The number of nitrogens with zero attached hydrogens (tertiary/aromatic N) is 5. The van der Waals surface area contributed by atoms with E-state index in [2.05, 4.69) is 25.4 Å². The van der Waals surface area contributed by atoms with Crippen molar-refractivity contribution in [2.75, 3.05) is 5.43 Å². The van der Waals surface area contributed by atoms with Crippen LogP contribution in [0.5, 0.6) is 0 Å². The molecule has 0 saturated carbocycles. The van der Waals surface area contributed by atoms with E-state index in [0.29, 0.717) is 16.0 Å². The van der Waals surface area contributed by atoms with Gasteiger partial charge < -0.3 is 9.83 Å². The number of aromatic nitrogens is 5. The Balaban J connectivity index is 2.07. The van der Waals surface area contributed by atoms with Gasteiger partial charge in [-0.1, -0.05) is 0 Å². The third-order valence-electron chi connectivity index (χ3n) is 2.22. The van der Waals surface area contributed by atoms with Crippen molar-refractivity contribution in [1.82, 2.24) is 24.3 Å². The first kappa shape index (κ1) is 10.9. The fourth-order valence-corrected chi connectivity index (χ4v) is 2.26. The van der Waals surface area contributed by atoms with Crippen LogP contribution < -0.4 is 11.3 Å². The summed E-state index contributed by atoms with van der Waals surface area (Å²) in [6, 6.07) is 1.76. The van der Waals surface area contributed by atoms with Gasteiger partial charge in [-0.25, -0.2) is 25.8 Å². The Morgan fingerprint density at radius 3 is 2.78 bits per heavy atom. The van der Waals surface area contributed by atoms with Crippen molar-refractivity contribution >= 4 is 23.2 Å². The van der Waals surface area contributed by atoms with Gasteiger partial charge in [0.15, 0.2) is 16.6 Å². The highest BCUT2D eigenvalue weighted by molar-refractivity contribution is 7.99. The normalized spacial score (nSPS) is 10.7. The van der Waals surface area contributed by atoms with Gasteiger partial charge in [0.1, 0.15) is 5.03 Å². The summed E-state index contributed by atoms with van der Waals surface area (Å²) >= 11 is 1.34. The second-order valence-electron chi connectivity index (χ2n) is 3.37. The molecule has 0 saturated heterocycles. The number of imidazole rings is 1. The molecule has 0 amide bonds. The highest BCUT2D eigenvalue weighted by Crippen LogP contribution is 2.26. The van der Waals surface area contributed by atoms with Crippen molar-refractivity contribution < 1.29 is 0 Å². The second kappa shape index (κ2) is 4.59. The zero-order chi connectivity index (χ0) is 12.4. The van der Waals surface area contributed by atoms with E-state index >= 15 is 0 Å². The van der Waals surface area contributed by atoms with Crippen LogP contribution in [0.3, 0.4) is 0 Å². The molecule has 3 N–H and O–H groups in total. The number of anilines is 1. The summed E-state index contributed by atoms with van der Waals surface area (Å²) in [5.74, 6) is 5.94. The fourth-order valence-electron chi connectivity index (χ4n) is 1.47. The summed E-state index contributed by atoms with van der Waals surface area (Å²) in [5, 5.41) is 1.31. The highest BCUT2D eigenvalue weighted by Gasteiger charge is 2.10. The predicted molar refractivity (Wildman–Crippen MR) is 67.0 cm³/mol. The Kier molecular flexibility index (Phi) is 2.79. The average Bonchev–Trinajstić information content (AvgIpc) is 2.88. The molecule has 90 valence electrons. The SMILES string of the molecule is NNc1cn2ccnc2c(Sc2ncccn2)n1. The molecule has 0 atom stereocenters. The van der Waals surface area contributed by atoms with Gasteiger partial charge in [0, 0.05) is 24.8 Å². The molecule has 7 nitrogen and oxygen atoms in total. The Labute approximate surface area is 106 Å². The number of rotatable bonds is 3. The molecule has 0 aliphatic rings. The zero-order valence-electron chi connectivity index (χ0n) is 9.19. The number of hydrazine groups is 1. The van der Waals surface area contributed by atoms with Crippen LogP contribution in [0.2, 0.25) is 0 Å². The first-order valence-corrected chi connectivity index (χ1v) is 5.93. The van der Waals surface area contributed by atoms with Gasteiger partial charge >= 0.3 is 0 Å². The lowest BCUT2D eigenvalue weighted by molar-refractivity contribution is 0.954. The number of nitrogens with two attached hydrogens (primary N) is 1. The minimum absolute atomic E-state index is 0.555. The van der Waals surface area contributed by atoms with Crippen molar-refractivity contribution in [3.05, 3.63) is 37.1 Å². The van der Waals surface area contributed by atoms with Crippen LogP contribution in [0.15, 0.2) is 47.2 Å². The zero-order valence-corrected chi connectivity index (χ0v) is 10.0. The smallest absolute Gasteiger partial charge is 0.193 e. The van der Waals surface area contributed by atoms with Crippen molar-refractivity contribution in [2.24, 2.45) is 5.84 Å². The number of nitrogens with one attached hydrogen (secondary N) is 1. The Bertz CT molecular complexity index is 666. The molecule has 3 rings (SSSR count). The molecular formula is C10H9N7S. The second-order valence-corrected chi connectivity index (χ2v) is 4.32. The van der Waals surface area contributed by atoms with Gasteiger partial charge in [0.25, 0.3) is 0 Å². The molecule has 0 aliphatic carbocycles. The molecule has 0 fully saturated rings. The van der Waals surface area contributed by atoms with Crippen molar-refractivity contribution in [2.45, 2.75) is 10.2 Å². The number of fused-ring (bicyclic) bond motifs is 1. The maximum Gasteiger partial charge on any atom is 0.193 e. The van der Waals surface area contributed by atoms with Crippen molar-refractivity contribution in [3.8, 4) is 0 Å². The molecule has 18 heavy (non-hydrogen) atoms. The Hall–Kier alpha value is -2.19. The molecule has 3 aromatic heterocycles. The molecule has 0 aliphatic heterocycles. The fraction of sp³-hybridized carbons (Fsp3) is 0. The molecule has 0 spiro atoms. The minimum Gasteiger partial charge on any atom is -0.307 e. The van der Waals surface area contributed by atoms with Crippen molar-refractivity contribution in [3.63, 3.8) is 0 Å². The maximum atomic E-state index is 5.39. The van der Waals surface area contributed by atoms with E-state index < -0.39 is 0 Å². The van der Waals surface area contributed by atoms with Crippen LogP contribution in [-0.4, -0.2) is 24.3 Å². The van der Waals surface area contributed by atoms with E-state index in [-0.39, 0.29) is 0 Å². The number of hydrogen-bond acceptors (Lipinski definition) is 7. The lowest BCUT2D eigenvalue weighted by atomic mass is 10.6. The van der Waals surface area contributed by atoms with Crippen LogP contribution >= 0.6 is 11.8 Å². The summed E-state index contributed by atoms with van der Waals surface area (Å²) < 4.78 is 1.84. The van der Waals surface area contributed by atoms with E-state index in [1.807, 2.05) is 10.6 Å². The van der Waals surface area contributed by atoms with Crippen LogP contribution in [0.4, 0.5) is 5.82 Å². The van der Waals surface area contributed by atoms with Crippen LogP contribution in [-0.2, 0) is 0 Å². The topological polar surface area (TPSA) is 94.0 Å². The quantitative estimate of drug-likeness (QED) is 0.411. The summed E-state index contributed by atoms with van der Waals surface area (Å²) in [6.07, 6.45) is 8.66. The van der Waals surface area contributed by atoms with Crippen LogP contribution in [0.25, 0.3) is 5.65 Å². The largest absolute Gasteiger partial charge is 0.307 e. The van der Waals surface area contributed by atoms with E-state index in [4.69, 9.17) is 5.84 Å². The molecule has 3 heterocycles. The van der Waals surface area contributed by atoms with E-state index in [1.165, 1.54) is 11.8 Å². The Morgan fingerprint density at radius 1 is 1.17 bits per heavy atom.